The molecule has 0 aromatic heterocycles. The summed E-state index contributed by atoms with van der Waals surface area (Å²) >= 11 is 0. The van der Waals surface area contributed by atoms with Crippen molar-refractivity contribution in [1.29, 1.82) is 0 Å². The van der Waals surface area contributed by atoms with E-state index < -0.39 is 11.6 Å². The first-order valence-corrected chi connectivity index (χ1v) is 14.8. The highest BCUT2D eigenvalue weighted by Crippen LogP contribution is 2.33. The molecule has 5 heteroatoms. The van der Waals surface area contributed by atoms with Crippen molar-refractivity contribution in [2.45, 2.75) is 89.0 Å². The molecule has 0 atom stereocenters. The summed E-state index contributed by atoms with van der Waals surface area (Å²) in [4.78, 5) is 24.5. The molecule has 1 heterocycles. The van der Waals surface area contributed by atoms with Crippen LogP contribution >= 0.6 is 0 Å². The summed E-state index contributed by atoms with van der Waals surface area (Å²) < 4.78 is 26.3. The van der Waals surface area contributed by atoms with E-state index in [2.05, 4.69) is 91.7 Å². The monoisotopic (exact) mass is 583 g/mol. The molecular formula is C37H55F2NO2. The maximum atomic E-state index is 13.5. The van der Waals surface area contributed by atoms with E-state index in [9.17, 15) is 18.4 Å². The molecule has 0 N–H and O–H groups in total. The lowest BCUT2D eigenvalue weighted by Gasteiger charge is -2.48. The van der Waals surface area contributed by atoms with Crippen molar-refractivity contribution in [3.05, 3.63) is 89.6 Å². The van der Waals surface area contributed by atoms with E-state index in [0.29, 0.717) is 28.9 Å². The Hall–Kier alpha value is -2.92. The van der Waals surface area contributed by atoms with Gasteiger partial charge in [0.05, 0.1) is 0 Å². The lowest BCUT2D eigenvalue weighted by atomic mass is 9.77. The second-order valence-corrected chi connectivity index (χ2v) is 13.4. The zero-order chi connectivity index (χ0) is 32.8. The first kappa shape index (κ1) is 39.1. The van der Waals surface area contributed by atoms with Gasteiger partial charge in [-0.05, 0) is 80.2 Å². The molecule has 1 aromatic rings. The highest BCUT2D eigenvalue weighted by atomic mass is 19.1. The van der Waals surface area contributed by atoms with Crippen LogP contribution < -0.4 is 0 Å². The number of likely N-dealkylation sites (tertiary alicyclic amines) is 1. The normalized spacial score (nSPS) is 14.7. The fourth-order valence-corrected chi connectivity index (χ4v) is 4.43. The van der Waals surface area contributed by atoms with Gasteiger partial charge in [-0.3, -0.25) is 4.79 Å². The Balaban J connectivity index is 0.000000613. The number of Topliss-reactive ketones (excluding diaryl/α,β-unsaturated/α-hetero) is 2. The van der Waals surface area contributed by atoms with Crippen LogP contribution in [0.15, 0.2) is 72.4 Å². The number of halogens is 2. The SMILES string of the molecule is C=C(/C=C(\CC)c1ccc(F)cc1F)C(C)=O.C=C(/C=C\C=C(C)C)C(C)(C)C.CC(=O)CC1(C)CN(CC(C)C)C1. The molecule has 1 fully saturated rings. The molecule has 0 saturated carbocycles. The standard InChI is InChI=1S/C14H14F2O.C12H20.C11H21NO/c1-4-11(7-9(2)10(3)17)13-6-5-12(15)8-14(13)16;1-10(2)8-7-9-11(3)12(4,5)6;1-9(2)6-12-7-11(4,8-12)5-10(3)13/h5-8H,2,4H2,1,3H3;7-9H,3H2,1-2,4-6H3;9H,5-8H2,1-4H3/b11-7+;9-7-;. The maximum absolute atomic E-state index is 13.5. The summed E-state index contributed by atoms with van der Waals surface area (Å²) in [5, 5.41) is 0. The lowest BCUT2D eigenvalue weighted by Crippen LogP contribution is -2.56. The first-order valence-electron chi connectivity index (χ1n) is 14.8. The fourth-order valence-electron chi connectivity index (χ4n) is 4.43. The number of rotatable bonds is 10. The predicted molar refractivity (Wildman–Crippen MR) is 176 cm³/mol. The molecule has 1 saturated heterocycles. The van der Waals surface area contributed by atoms with E-state index >= 15 is 0 Å². The third-order valence-electron chi connectivity index (χ3n) is 6.66. The smallest absolute Gasteiger partial charge is 0.159 e. The Morgan fingerprint density at radius 3 is 2.05 bits per heavy atom. The number of allylic oxidation sites excluding steroid dienone is 8. The number of nitrogens with zero attached hydrogens (tertiary/aromatic N) is 1. The van der Waals surface area contributed by atoms with Crippen molar-refractivity contribution in [2.75, 3.05) is 19.6 Å². The van der Waals surface area contributed by atoms with Crippen molar-refractivity contribution in [1.82, 2.24) is 4.90 Å². The molecule has 0 amide bonds. The molecular weight excluding hydrogens is 528 g/mol. The van der Waals surface area contributed by atoms with Gasteiger partial charge in [-0.2, -0.15) is 0 Å². The van der Waals surface area contributed by atoms with Crippen LogP contribution in [0.2, 0.25) is 0 Å². The number of carbonyl (C=O) groups is 2. The summed E-state index contributed by atoms with van der Waals surface area (Å²) in [6.45, 7) is 33.3. The predicted octanol–water partition coefficient (Wildman–Crippen LogP) is 9.96. The van der Waals surface area contributed by atoms with Crippen LogP contribution in [0, 0.1) is 28.4 Å². The van der Waals surface area contributed by atoms with Gasteiger partial charge in [0.1, 0.15) is 17.4 Å². The summed E-state index contributed by atoms with van der Waals surface area (Å²) in [7, 11) is 0. The van der Waals surface area contributed by atoms with Crippen LogP contribution in [0.5, 0.6) is 0 Å². The molecule has 42 heavy (non-hydrogen) atoms. The van der Waals surface area contributed by atoms with Crippen LogP contribution in [-0.2, 0) is 9.59 Å². The average Bonchev–Trinajstić information content (AvgIpc) is 2.81. The van der Waals surface area contributed by atoms with Crippen molar-refractivity contribution >= 4 is 17.1 Å². The van der Waals surface area contributed by atoms with Crippen LogP contribution in [-0.4, -0.2) is 36.1 Å². The van der Waals surface area contributed by atoms with Gasteiger partial charge >= 0.3 is 0 Å². The minimum atomic E-state index is -0.630. The molecule has 1 aliphatic rings. The largest absolute Gasteiger partial charge is 0.302 e. The third kappa shape index (κ3) is 15.9. The Bertz CT molecular complexity index is 1170. The number of carbonyl (C=O) groups excluding carboxylic acids is 2. The van der Waals surface area contributed by atoms with Gasteiger partial charge in [0, 0.05) is 43.3 Å². The first-order chi connectivity index (χ1) is 19.2. The van der Waals surface area contributed by atoms with Gasteiger partial charge in [0.25, 0.3) is 0 Å². The second kappa shape index (κ2) is 17.9. The Morgan fingerprint density at radius 2 is 1.64 bits per heavy atom. The van der Waals surface area contributed by atoms with Gasteiger partial charge < -0.3 is 9.69 Å². The molecule has 1 aromatic carbocycles. The minimum absolute atomic E-state index is 0.168. The molecule has 0 radical (unpaired) electrons. The Kier molecular flexibility index (Phi) is 16.7. The molecule has 0 spiro atoms. The van der Waals surface area contributed by atoms with Crippen molar-refractivity contribution in [3.8, 4) is 0 Å². The number of benzene rings is 1. The van der Waals surface area contributed by atoms with Crippen molar-refractivity contribution < 1.29 is 18.4 Å². The van der Waals surface area contributed by atoms with Crippen molar-refractivity contribution in [3.63, 3.8) is 0 Å². The molecule has 234 valence electrons. The van der Waals surface area contributed by atoms with Crippen molar-refractivity contribution in [2.24, 2.45) is 16.7 Å². The number of hydrogen-bond acceptors (Lipinski definition) is 3. The number of hydrogen-bond donors (Lipinski definition) is 0. The number of ketones is 2. The molecule has 0 aliphatic carbocycles. The van der Waals surface area contributed by atoms with Gasteiger partial charge in [-0.25, -0.2) is 8.78 Å². The topological polar surface area (TPSA) is 37.4 Å². The second-order valence-electron chi connectivity index (χ2n) is 13.4. The average molecular weight is 584 g/mol. The summed E-state index contributed by atoms with van der Waals surface area (Å²) in [6.07, 6.45) is 9.06. The van der Waals surface area contributed by atoms with E-state index in [-0.39, 0.29) is 16.6 Å². The summed E-state index contributed by atoms with van der Waals surface area (Å²) in [6, 6.07) is 3.39. The highest BCUT2D eigenvalue weighted by Gasteiger charge is 2.39. The maximum Gasteiger partial charge on any atom is 0.159 e. The van der Waals surface area contributed by atoms with Crippen LogP contribution in [0.4, 0.5) is 8.78 Å². The molecule has 0 bridgehead atoms. The Morgan fingerprint density at radius 1 is 1.07 bits per heavy atom. The fraction of sp³-hybridized carbons (Fsp3) is 0.514. The molecule has 3 nitrogen and oxygen atoms in total. The Labute approximate surface area is 255 Å². The van der Waals surface area contributed by atoms with E-state index in [1.165, 1.54) is 36.7 Å². The van der Waals surface area contributed by atoms with Gasteiger partial charge in [-0.1, -0.05) is 85.4 Å². The van der Waals surface area contributed by atoms with E-state index in [1.54, 1.807) is 13.0 Å². The third-order valence-corrected chi connectivity index (χ3v) is 6.66. The molecule has 0 unspecified atom stereocenters. The highest BCUT2D eigenvalue weighted by molar-refractivity contribution is 5.97. The zero-order valence-electron chi connectivity index (χ0n) is 28.1. The minimum Gasteiger partial charge on any atom is -0.302 e. The van der Waals surface area contributed by atoms with Crippen LogP contribution in [0.25, 0.3) is 5.57 Å². The molecule has 1 aliphatic heterocycles. The van der Waals surface area contributed by atoms with Gasteiger partial charge in [-0.15, -0.1) is 0 Å². The summed E-state index contributed by atoms with van der Waals surface area (Å²) in [5.41, 5.74) is 4.18. The van der Waals surface area contributed by atoms with E-state index in [0.717, 1.165) is 31.5 Å². The van der Waals surface area contributed by atoms with E-state index in [4.69, 9.17) is 0 Å². The zero-order valence-corrected chi connectivity index (χ0v) is 28.1. The molecule has 2 rings (SSSR count). The van der Waals surface area contributed by atoms with Gasteiger partial charge in [0.15, 0.2) is 5.78 Å². The van der Waals surface area contributed by atoms with Crippen LogP contribution in [0.1, 0.15) is 94.6 Å². The quantitative estimate of drug-likeness (QED) is 0.203. The van der Waals surface area contributed by atoms with Gasteiger partial charge in [0.2, 0.25) is 0 Å². The summed E-state index contributed by atoms with van der Waals surface area (Å²) in [5.74, 6) is -0.353. The van der Waals surface area contributed by atoms with E-state index in [1.807, 2.05) is 6.92 Å². The van der Waals surface area contributed by atoms with Crippen LogP contribution in [0.3, 0.4) is 0 Å². The lowest BCUT2D eigenvalue weighted by molar-refractivity contribution is -0.122.